The molecule has 3 aromatic rings. The number of aromatic nitrogens is 1. The van der Waals surface area contributed by atoms with Crippen LogP contribution < -0.4 is 4.74 Å². The number of nitrogens with one attached hydrogen (secondary N) is 1. The molecule has 0 radical (unpaired) electrons. The first-order valence-corrected chi connectivity index (χ1v) is 7.88. The maximum atomic E-state index is 12.8. The molecule has 3 rings (SSSR count). The molecule has 1 heterocycles. The first-order chi connectivity index (χ1) is 11.9. The molecule has 0 spiro atoms. The number of benzene rings is 2. The van der Waals surface area contributed by atoms with E-state index in [9.17, 15) is 4.79 Å². The van der Waals surface area contributed by atoms with Crippen molar-refractivity contribution in [1.29, 1.82) is 0 Å². The maximum absolute atomic E-state index is 12.8. The van der Waals surface area contributed by atoms with E-state index < -0.39 is 5.97 Å². The largest absolute Gasteiger partial charge is 0.494 e. The van der Waals surface area contributed by atoms with Crippen molar-refractivity contribution in [3.05, 3.63) is 64.3 Å². The minimum atomic E-state index is -0.833. The minimum Gasteiger partial charge on any atom is -0.494 e. The van der Waals surface area contributed by atoms with Crippen molar-refractivity contribution in [2.45, 2.75) is 13.8 Å². The van der Waals surface area contributed by atoms with Crippen molar-refractivity contribution in [3.63, 3.8) is 0 Å². The standard InChI is InChI=1S/C17H14ClNO2.C2H4O2/c1-10-17(21-2)15-13(19-10)9-8-12(18)14(15)16(20)11-6-4-3-5-7-11;1-2(3)4/h3-9,19H,1-2H3;1H3,(H,3,4). The molecule has 0 atom stereocenters. The Kier molecular flexibility index (Phi) is 5.83. The first kappa shape index (κ1) is 18.5. The third-order valence-electron chi connectivity index (χ3n) is 3.51. The van der Waals surface area contributed by atoms with E-state index in [4.69, 9.17) is 26.2 Å². The van der Waals surface area contributed by atoms with Gasteiger partial charge in [0, 0.05) is 12.5 Å². The molecule has 0 fully saturated rings. The van der Waals surface area contributed by atoms with Crippen LogP contribution in [0.15, 0.2) is 42.5 Å². The number of methoxy groups -OCH3 is 1. The smallest absolute Gasteiger partial charge is 0.300 e. The van der Waals surface area contributed by atoms with Gasteiger partial charge in [-0.15, -0.1) is 0 Å². The highest BCUT2D eigenvalue weighted by molar-refractivity contribution is 6.37. The summed E-state index contributed by atoms with van der Waals surface area (Å²) in [6, 6.07) is 12.7. The summed E-state index contributed by atoms with van der Waals surface area (Å²) in [6.45, 7) is 2.99. The van der Waals surface area contributed by atoms with E-state index in [1.54, 1.807) is 25.3 Å². The number of ketones is 1. The number of carboxylic acid groups (broad SMARTS) is 1. The highest BCUT2D eigenvalue weighted by Gasteiger charge is 2.21. The van der Waals surface area contributed by atoms with Crippen LogP contribution in [0.4, 0.5) is 0 Å². The molecule has 6 heteroatoms. The number of aliphatic carboxylic acids is 1. The molecule has 0 saturated heterocycles. The lowest BCUT2D eigenvalue weighted by atomic mass is 9.99. The van der Waals surface area contributed by atoms with Crippen molar-refractivity contribution in [3.8, 4) is 5.75 Å². The SMILES string of the molecule is CC(=O)O.COc1c(C)[nH]c2ccc(Cl)c(C(=O)c3ccccc3)c12. The van der Waals surface area contributed by atoms with Gasteiger partial charge in [-0.25, -0.2) is 0 Å². The predicted molar refractivity (Wildman–Crippen MR) is 97.8 cm³/mol. The number of ether oxygens (including phenoxy) is 1. The third-order valence-corrected chi connectivity index (χ3v) is 3.83. The molecule has 25 heavy (non-hydrogen) atoms. The fourth-order valence-corrected chi connectivity index (χ4v) is 2.82. The van der Waals surface area contributed by atoms with E-state index in [0.29, 0.717) is 21.9 Å². The summed E-state index contributed by atoms with van der Waals surface area (Å²) < 4.78 is 5.44. The average molecular weight is 360 g/mol. The Bertz CT molecular complexity index is 912. The van der Waals surface area contributed by atoms with E-state index in [1.165, 1.54) is 0 Å². The van der Waals surface area contributed by atoms with Crippen LogP contribution in [0.2, 0.25) is 5.02 Å². The Hall–Kier alpha value is -2.79. The van der Waals surface area contributed by atoms with Crippen LogP contribution >= 0.6 is 11.6 Å². The van der Waals surface area contributed by atoms with Gasteiger partial charge in [-0.3, -0.25) is 9.59 Å². The van der Waals surface area contributed by atoms with Crippen LogP contribution in [0, 0.1) is 6.92 Å². The number of carboxylic acids is 1. The number of hydrogen-bond acceptors (Lipinski definition) is 3. The first-order valence-electron chi connectivity index (χ1n) is 7.50. The maximum Gasteiger partial charge on any atom is 0.300 e. The van der Waals surface area contributed by atoms with E-state index in [-0.39, 0.29) is 5.78 Å². The molecule has 0 aliphatic heterocycles. The molecule has 1 aromatic heterocycles. The fraction of sp³-hybridized carbons (Fsp3) is 0.158. The molecule has 0 aliphatic rings. The van der Waals surface area contributed by atoms with Gasteiger partial charge in [-0.1, -0.05) is 41.9 Å². The lowest BCUT2D eigenvalue weighted by Gasteiger charge is -2.08. The summed E-state index contributed by atoms with van der Waals surface area (Å²) in [6.07, 6.45) is 0. The number of carbonyl (C=O) groups is 2. The normalized spacial score (nSPS) is 10.1. The van der Waals surface area contributed by atoms with Crippen LogP contribution in [0.1, 0.15) is 28.5 Å². The Labute approximate surface area is 150 Å². The van der Waals surface area contributed by atoms with Crippen molar-refractivity contribution in [2.75, 3.05) is 7.11 Å². The predicted octanol–water partition coefficient (Wildman–Crippen LogP) is 4.46. The Morgan fingerprint density at radius 1 is 1.12 bits per heavy atom. The van der Waals surface area contributed by atoms with Crippen LogP contribution in [0.3, 0.4) is 0 Å². The van der Waals surface area contributed by atoms with Gasteiger partial charge in [-0.2, -0.15) is 0 Å². The summed E-state index contributed by atoms with van der Waals surface area (Å²) in [4.78, 5) is 25.0. The number of H-pyrrole nitrogens is 1. The second kappa shape index (κ2) is 7.85. The Morgan fingerprint density at radius 2 is 1.72 bits per heavy atom. The molecular weight excluding hydrogens is 342 g/mol. The molecule has 0 saturated carbocycles. The van der Waals surface area contributed by atoms with Gasteiger partial charge in [-0.05, 0) is 19.1 Å². The van der Waals surface area contributed by atoms with Gasteiger partial charge in [0.1, 0.15) is 5.75 Å². The van der Waals surface area contributed by atoms with Crippen LogP contribution in [-0.2, 0) is 4.79 Å². The summed E-state index contributed by atoms with van der Waals surface area (Å²) in [5.41, 5.74) is 2.79. The second-order valence-corrected chi connectivity index (χ2v) is 5.75. The highest BCUT2D eigenvalue weighted by atomic mass is 35.5. The van der Waals surface area contributed by atoms with Crippen molar-refractivity contribution < 1.29 is 19.4 Å². The Morgan fingerprint density at radius 3 is 2.28 bits per heavy atom. The topological polar surface area (TPSA) is 79.4 Å². The zero-order chi connectivity index (χ0) is 18.6. The molecule has 0 amide bonds. The van der Waals surface area contributed by atoms with Crippen molar-refractivity contribution >= 4 is 34.3 Å². The van der Waals surface area contributed by atoms with Crippen LogP contribution in [0.25, 0.3) is 10.9 Å². The molecule has 0 unspecified atom stereocenters. The monoisotopic (exact) mass is 359 g/mol. The van der Waals surface area contributed by atoms with E-state index in [1.807, 2.05) is 31.2 Å². The number of rotatable bonds is 3. The molecule has 5 nitrogen and oxygen atoms in total. The molecule has 2 N–H and O–H groups in total. The van der Waals surface area contributed by atoms with Gasteiger partial charge in [0.25, 0.3) is 5.97 Å². The van der Waals surface area contributed by atoms with Gasteiger partial charge in [0.2, 0.25) is 0 Å². The van der Waals surface area contributed by atoms with E-state index >= 15 is 0 Å². The Balaban J connectivity index is 0.000000511. The fourth-order valence-electron chi connectivity index (χ4n) is 2.57. The second-order valence-electron chi connectivity index (χ2n) is 5.34. The number of halogens is 1. The highest BCUT2D eigenvalue weighted by Crippen LogP contribution is 2.36. The minimum absolute atomic E-state index is 0.108. The summed E-state index contributed by atoms with van der Waals surface area (Å²) >= 11 is 6.30. The van der Waals surface area contributed by atoms with Gasteiger partial charge >= 0.3 is 0 Å². The molecule has 0 aliphatic carbocycles. The van der Waals surface area contributed by atoms with Gasteiger partial charge in [0.15, 0.2) is 5.78 Å². The van der Waals surface area contributed by atoms with Gasteiger partial charge in [0.05, 0.1) is 34.3 Å². The molecule has 2 aromatic carbocycles. The molecular formula is C19H18ClNO4. The molecule has 0 bridgehead atoms. The number of aromatic amines is 1. The van der Waals surface area contributed by atoms with E-state index in [0.717, 1.165) is 23.5 Å². The summed E-state index contributed by atoms with van der Waals surface area (Å²) in [5.74, 6) is -0.282. The van der Waals surface area contributed by atoms with Gasteiger partial charge < -0.3 is 14.8 Å². The quantitative estimate of drug-likeness (QED) is 0.676. The zero-order valence-electron chi connectivity index (χ0n) is 14.1. The summed E-state index contributed by atoms with van der Waals surface area (Å²) in [7, 11) is 1.59. The average Bonchev–Trinajstić information content (AvgIpc) is 2.90. The lowest BCUT2D eigenvalue weighted by molar-refractivity contribution is -0.134. The lowest BCUT2D eigenvalue weighted by Crippen LogP contribution is -2.03. The van der Waals surface area contributed by atoms with E-state index in [2.05, 4.69) is 4.98 Å². The molecule has 130 valence electrons. The van der Waals surface area contributed by atoms with Crippen LogP contribution in [-0.4, -0.2) is 29.0 Å². The number of aryl methyl sites for hydroxylation is 1. The zero-order valence-corrected chi connectivity index (χ0v) is 14.8. The number of hydrogen-bond donors (Lipinski definition) is 2. The van der Waals surface area contributed by atoms with Crippen molar-refractivity contribution in [2.24, 2.45) is 0 Å². The summed E-state index contributed by atoms with van der Waals surface area (Å²) in [5, 5.41) is 8.57. The van der Waals surface area contributed by atoms with Crippen LogP contribution in [0.5, 0.6) is 5.75 Å². The number of fused-ring (bicyclic) bond motifs is 1. The number of carbonyl (C=O) groups excluding carboxylic acids is 1. The third kappa shape index (κ3) is 4.00. The van der Waals surface area contributed by atoms with Crippen molar-refractivity contribution in [1.82, 2.24) is 4.98 Å².